The van der Waals surface area contributed by atoms with Crippen molar-refractivity contribution in [2.75, 3.05) is 6.54 Å². The van der Waals surface area contributed by atoms with E-state index >= 15 is 0 Å². The van der Waals surface area contributed by atoms with Gasteiger partial charge in [-0.2, -0.15) is 0 Å². The smallest absolute Gasteiger partial charge is 0.221 e. The Labute approximate surface area is 121 Å². The topological polar surface area (TPSA) is 58.4 Å². The molecular formula is C16H25N3O. The zero-order valence-corrected chi connectivity index (χ0v) is 12.4. The predicted molar refractivity (Wildman–Crippen MR) is 81.1 cm³/mol. The van der Waals surface area contributed by atoms with E-state index in [0.29, 0.717) is 12.5 Å². The van der Waals surface area contributed by atoms with Crippen LogP contribution in [0.2, 0.25) is 0 Å². The van der Waals surface area contributed by atoms with E-state index in [0.717, 1.165) is 19.5 Å². The molecule has 3 N–H and O–H groups in total. The monoisotopic (exact) mass is 275 g/mol. The largest absolute Gasteiger partial charge is 0.352 e. The maximum Gasteiger partial charge on any atom is 0.221 e. The van der Waals surface area contributed by atoms with Gasteiger partial charge in [0.05, 0.1) is 0 Å². The first-order valence-electron chi connectivity index (χ1n) is 7.37. The van der Waals surface area contributed by atoms with Crippen molar-refractivity contribution in [3.63, 3.8) is 0 Å². The zero-order valence-electron chi connectivity index (χ0n) is 12.4. The highest BCUT2D eigenvalue weighted by molar-refractivity contribution is 5.76. The lowest BCUT2D eigenvalue weighted by molar-refractivity contribution is -0.121. The van der Waals surface area contributed by atoms with Crippen LogP contribution in [0.5, 0.6) is 0 Å². The molecule has 0 radical (unpaired) electrons. The summed E-state index contributed by atoms with van der Waals surface area (Å²) in [6, 6.07) is 11.1. The van der Waals surface area contributed by atoms with Crippen LogP contribution < -0.4 is 11.1 Å². The number of benzene rings is 1. The molecule has 1 aliphatic rings. The first-order chi connectivity index (χ1) is 9.54. The summed E-state index contributed by atoms with van der Waals surface area (Å²) in [5, 5.41) is 3.10. The van der Waals surface area contributed by atoms with Gasteiger partial charge in [0.25, 0.3) is 0 Å². The summed E-state index contributed by atoms with van der Waals surface area (Å²) in [7, 11) is 0. The van der Waals surface area contributed by atoms with Crippen LogP contribution in [-0.2, 0) is 11.3 Å². The van der Waals surface area contributed by atoms with Gasteiger partial charge >= 0.3 is 0 Å². The fourth-order valence-electron chi connectivity index (χ4n) is 2.82. The van der Waals surface area contributed by atoms with Crippen molar-refractivity contribution < 1.29 is 4.79 Å². The van der Waals surface area contributed by atoms with Crippen LogP contribution in [0, 0.1) is 0 Å². The highest BCUT2D eigenvalue weighted by Gasteiger charge is 2.29. The van der Waals surface area contributed by atoms with Crippen molar-refractivity contribution in [3.8, 4) is 0 Å². The average molecular weight is 275 g/mol. The number of amides is 1. The molecule has 4 heteroatoms. The molecular weight excluding hydrogens is 250 g/mol. The lowest BCUT2D eigenvalue weighted by Gasteiger charge is -2.20. The van der Waals surface area contributed by atoms with Crippen molar-refractivity contribution in [2.24, 2.45) is 5.73 Å². The molecule has 1 aliphatic heterocycles. The summed E-state index contributed by atoms with van der Waals surface area (Å²) < 4.78 is 0. The number of likely N-dealkylation sites (tertiary alicyclic amines) is 1. The number of nitrogens with one attached hydrogen (secondary N) is 1. The molecule has 20 heavy (non-hydrogen) atoms. The number of rotatable bonds is 5. The van der Waals surface area contributed by atoms with Crippen LogP contribution in [0.1, 0.15) is 32.3 Å². The fourth-order valence-corrected chi connectivity index (χ4v) is 2.82. The van der Waals surface area contributed by atoms with Crippen LogP contribution >= 0.6 is 0 Å². The molecule has 3 atom stereocenters. The minimum atomic E-state index is -0.0748. The van der Waals surface area contributed by atoms with E-state index in [2.05, 4.69) is 41.4 Å². The van der Waals surface area contributed by atoms with E-state index in [9.17, 15) is 4.79 Å². The molecule has 2 rings (SSSR count). The van der Waals surface area contributed by atoms with E-state index in [1.54, 1.807) is 0 Å². The first kappa shape index (κ1) is 15.0. The Bertz CT molecular complexity index is 433. The molecule has 0 aliphatic carbocycles. The van der Waals surface area contributed by atoms with E-state index in [-0.39, 0.29) is 18.0 Å². The number of nitrogens with two attached hydrogens (primary N) is 1. The normalized spacial score (nSPS) is 24.6. The number of nitrogens with zero attached hydrogens (tertiary/aromatic N) is 1. The number of hydrogen-bond donors (Lipinski definition) is 2. The Balaban J connectivity index is 1.84. The van der Waals surface area contributed by atoms with Gasteiger partial charge in [0.1, 0.15) is 0 Å². The van der Waals surface area contributed by atoms with Crippen LogP contribution in [-0.4, -0.2) is 35.5 Å². The summed E-state index contributed by atoms with van der Waals surface area (Å²) in [4.78, 5) is 14.2. The number of carbonyl (C=O) groups excluding carboxylic acids is 1. The highest BCUT2D eigenvalue weighted by Crippen LogP contribution is 2.20. The Morgan fingerprint density at radius 3 is 2.80 bits per heavy atom. The molecule has 3 unspecified atom stereocenters. The second-order valence-corrected chi connectivity index (χ2v) is 5.95. The molecule has 0 saturated carbocycles. The number of carbonyl (C=O) groups is 1. The molecule has 0 bridgehead atoms. The summed E-state index contributed by atoms with van der Waals surface area (Å²) >= 11 is 0. The maximum absolute atomic E-state index is 11.8. The van der Waals surface area contributed by atoms with Gasteiger partial charge in [-0.1, -0.05) is 30.3 Å². The van der Waals surface area contributed by atoms with Gasteiger partial charge in [0, 0.05) is 37.6 Å². The van der Waals surface area contributed by atoms with Crippen LogP contribution in [0.25, 0.3) is 0 Å². The second-order valence-electron chi connectivity index (χ2n) is 5.95. The van der Waals surface area contributed by atoms with Crippen molar-refractivity contribution in [1.82, 2.24) is 10.2 Å². The first-order valence-corrected chi connectivity index (χ1v) is 7.37. The Hall–Kier alpha value is -1.39. The van der Waals surface area contributed by atoms with E-state index in [1.807, 2.05) is 13.0 Å². The molecule has 4 nitrogen and oxygen atoms in total. The third-order valence-corrected chi connectivity index (χ3v) is 3.80. The minimum absolute atomic E-state index is 0.0683. The van der Waals surface area contributed by atoms with Gasteiger partial charge < -0.3 is 11.1 Å². The summed E-state index contributed by atoms with van der Waals surface area (Å²) in [6.45, 7) is 5.95. The van der Waals surface area contributed by atoms with Crippen molar-refractivity contribution in [3.05, 3.63) is 35.9 Å². The molecule has 1 saturated heterocycles. The van der Waals surface area contributed by atoms with Crippen molar-refractivity contribution in [1.29, 1.82) is 0 Å². The summed E-state index contributed by atoms with van der Waals surface area (Å²) in [6.07, 6.45) is 1.42. The van der Waals surface area contributed by atoms with Gasteiger partial charge in [0.2, 0.25) is 5.91 Å². The lowest BCUT2D eigenvalue weighted by Crippen LogP contribution is -2.39. The fraction of sp³-hybridized carbons (Fsp3) is 0.562. The van der Waals surface area contributed by atoms with Gasteiger partial charge in [-0.05, 0) is 25.8 Å². The van der Waals surface area contributed by atoms with E-state index in [1.165, 1.54) is 5.56 Å². The third kappa shape index (κ3) is 4.32. The summed E-state index contributed by atoms with van der Waals surface area (Å²) in [5.74, 6) is 0.0683. The zero-order chi connectivity index (χ0) is 14.5. The third-order valence-electron chi connectivity index (χ3n) is 3.80. The molecule has 1 fully saturated rings. The SMILES string of the molecule is CC(N)CC(=O)NC1CC(C)N(Cc2ccccc2)C1. The van der Waals surface area contributed by atoms with Crippen LogP contribution in [0.4, 0.5) is 0 Å². The number of hydrogen-bond acceptors (Lipinski definition) is 3. The summed E-state index contributed by atoms with van der Waals surface area (Å²) in [5.41, 5.74) is 6.97. The van der Waals surface area contributed by atoms with Crippen LogP contribution in [0.15, 0.2) is 30.3 Å². The molecule has 1 heterocycles. The quantitative estimate of drug-likeness (QED) is 0.856. The molecule has 0 spiro atoms. The Morgan fingerprint density at radius 2 is 2.15 bits per heavy atom. The van der Waals surface area contributed by atoms with Crippen molar-refractivity contribution >= 4 is 5.91 Å². The highest BCUT2D eigenvalue weighted by atomic mass is 16.1. The van der Waals surface area contributed by atoms with Gasteiger partial charge in [-0.25, -0.2) is 0 Å². The molecule has 1 aromatic rings. The predicted octanol–water partition coefficient (Wildman–Crippen LogP) is 1.50. The second kappa shape index (κ2) is 6.86. The lowest BCUT2D eigenvalue weighted by atomic mass is 10.1. The van der Waals surface area contributed by atoms with Gasteiger partial charge in [0.15, 0.2) is 0 Å². The average Bonchev–Trinajstić information content (AvgIpc) is 2.69. The van der Waals surface area contributed by atoms with Crippen LogP contribution in [0.3, 0.4) is 0 Å². The molecule has 1 aromatic carbocycles. The van der Waals surface area contributed by atoms with Crippen molar-refractivity contribution in [2.45, 2.75) is 51.4 Å². The van der Waals surface area contributed by atoms with E-state index < -0.39 is 0 Å². The Kier molecular flexibility index (Phi) is 5.15. The van der Waals surface area contributed by atoms with Gasteiger partial charge in [-0.3, -0.25) is 9.69 Å². The van der Waals surface area contributed by atoms with E-state index in [4.69, 9.17) is 5.73 Å². The van der Waals surface area contributed by atoms with Gasteiger partial charge in [-0.15, -0.1) is 0 Å². The standard InChI is InChI=1S/C16H25N3O/c1-12(17)8-16(20)18-15-9-13(2)19(11-15)10-14-6-4-3-5-7-14/h3-7,12-13,15H,8-11,17H2,1-2H3,(H,18,20). The molecule has 110 valence electrons. The maximum atomic E-state index is 11.8. The molecule has 0 aromatic heterocycles. The molecule has 1 amide bonds. The minimum Gasteiger partial charge on any atom is -0.352 e. The Morgan fingerprint density at radius 1 is 1.45 bits per heavy atom.